The highest BCUT2D eigenvalue weighted by Crippen LogP contribution is 2.14. The molecule has 0 unspecified atom stereocenters. The van der Waals surface area contributed by atoms with Crippen molar-refractivity contribution in [2.75, 3.05) is 0 Å². The van der Waals surface area contributed by atoms with E-state index in [1.165, 1.54) is 0 Å². The summed E-state index contributed by atoms with van der Waals surface area (Å²) in [6.07, 6.45) is 0. The molecule has 0 saturated heterocycles. The van der Waals surface area contributed by atoms with Crippen molar-refractivity contribution in [2.24, 2.45) is 7.05 Å². The lowest BCUT2D eigenvalue weighted by molar-refractivity contribution is 0.0920. The van der Waals surface area contributed by atoms with Gasteiger partial charge in [0.1, 0.15) is 5.82 Å². The van der Waals surface area contributed by atoms with Gasteiger partial charge < -0.3 is 14.3 Å². The zero-order chi connectivity index (χ0) is 14.0. The van der Waals surface area contributed by atoms with Crippen molar-refractivity contribution in [1.82, 2.24) is 20.1 Å². The van der Waals surface area contributed by atoms with Crippen molar-refractivity contribution in [3.63, 3.8) is 0 Å². The van der Waals surface area contributed by atoms with Crippen LogP contribution in [-0.4, -0.2) is 20.7 Å². The van der Waals surface area contributed by atoms with E-state index in [0.717, 1.165) is 5.82 Å². The van der Waals surface area contributed by atoms with Crippen LogP contribution in [0.1, 0.15) is 42.0 Å². The maximum absolute atomic E-state index is 11.8. The normalized spacial score (nSPS) is 11.0. The van der Waals surface area contributed by atoms with Crippen LogP contribution in [0, 0.1) is 0 Å². The van der Waals surface area contributed by atoms with E-state index in [4.69, 9.17) is 4.42 Å². The number of carbonyl (C=O) groups is 1. The molecule has 1 amide bonds. The SMILES string of the molecule is CC(C)c1nnc(CNC(=O)c2ccc(Br)o2)n1C. The van der Waals surface area contributed by atoms with Gasteiger partial charge in [0.15, 0.2) is 16.3 Å². The van der Waals surface area contributed by atoms with Gasteiger partial charge in [-0.25, -0.2) is 0 Å². The Balaban J connectivity index is 2.01. The molecule has 0 spiro atoms. The van der Waals surface area contributed by atoms with Gasteiger partial charge in [-0.15, -0.1) is 10.2 Å². The van der Waals surface area contributed by atoms with Gasteiger partial charge >= 0.3 is 0 Å². The van der Waals surface area contributed by atoms with Gasteiger partial charge in [-0.3, -0.25) is 4.79 Å². The molecule has 6 nitrogen and oxygen atoms in total. The first-order valence-electron chi connectivity index (χ1n) is 5.90. The van der Waals surface area contributed by atoms with Crippen molar-refractivity contribution < 1.29 is 9.21 Å². The summed E-state index contributed by atoms with van der Waals surface area (Å²) in [5.41, 5.74) is 0. The molecule has 0 fully saturated rings. The number of hydrogen-bond acceptors (Lipinski definition) is 4. The number of nitrogens with zero attached hydrogens (tertiary/aromatic N) is 3. The molecule has 0 aliphatic rings. The third kappa shape index (κ3) is 3.04. The Bertz CT molecular complexity index is 588. The minimum atomic E-state index is -0.278. The average molecular weight is 327 g/mol. The van der Waals surface area contributed by atoms with E-state index in [-0.39, 0.29) is 11.7 Å². The molecular weight excluding hydrogens is 312 g/mol. The molecule has 102 valence electrons. The molecule has 2 aromatic rings. The summed E-state index contributed by atoms with van der Waals surface area (Å²) < 4.78 is 7.59. The smallest absolute Gasteiger partial charge is 0.287 e. The molecule has 2 heterocycles. The minimum absolute atomic E-state index is 0.262. The summed E-state index contributed by atoms with van der Waals surface area (Å²) in [7, 11) is 1.89. The largest absolute Gasteiger partial charge is 0.444 e. The first-order chi connectivity index (χ1) is 8.99. The van der Waals surface area contributed by atoms with Gasteiger partial charge in [-0.2, -0.15) is 0 Å². The molecule has 0 atom stereocenters. The zero-order valence-electron chi connectivity index (χ0n) is 11.0. The van der Waals surface area contributed by atoms with Crippen molar-refractivity contribution in [1.29, 1.82) is 0 Å². The number of furan rings is 1. The Morgan fingerprint density at radius 3 is 2.74 bits per heavy atom. The first kappa shape index (κ1) is 13.8. The van der Waals surface area contributed by atoms with Gasteiger partial charge in [0.2, 0.25) is 0 Å². The van der Waals surface area contributed by atoms with Gasteiger partial charge in [0, 0.05) is 13.0 Å². The summed E-state index contributed by atoms with van der Waals surface area (Å²) >= 11 is 3.15. The molecule has 0 saturated carbocycles. The van der Waals surface area contributed by atoms with E-state index >= 15 is 0 Å². The highest BCUT2D eigenvalue weighted by atomic mass is 79.9. The molecule has 0 bridgehead atoms. The number of hydrogen-bond donors (Lipinski definition) is 1. The molecule has 0 aliphatic heterocycles. The zero-order valence-corrected chi connectivity index (χ0v) is 12.6. The van der Waals surface area contributed by atoms with E-state index in [0.29, 0.717) is 23.0 Å². The van der Waals surface area contributed by atoms with Crippen LogP contribution in [0.15, 0.2) is 21.2 Å². The third-order valence-corrected chi connectivity index (χ3v) is 3.15. The Hall–Kier alpha value is -1.63. The van der Waals surface area contributed by atoms with E-state index in [2.05, 4.69) is 31.4 Å². The predicted molar refractivity (Wildman–Crippen MR) is 72.7 cm³/mol. The number of nitrogens with one attached hydrogen (secondary N) is 1. The lowest BCUT2D eigenvalue weighted by Crippen LogP contribution is -2.24. The summed E-state index contributed by atoms with van der Waals surface area (Å²) in [4.78, 5) is 11.8. The van der Waals surface area contributed by atoms with Crippen LogP contribution in [0.5, 0.6) is 0 Å². The van der Waals surface area contributed by atoms with Gasteiger partial charge in [0.25, 0.3) is 5.91 Å². The molecule has 7 heteroatoms. The fraction of sp³-hybridized carbons (Fsp3) is 0.417. The second-order valence-corrected chi connectivity index (χ2v) is 5.26. The molecule has 0 aliphatic carbocycles. The molecule has 1 N–H and O–H groups in total. The Kier molecular flexibility index (Phi) is 4.04. The molecule has 0 radical (unpaired) electrons. The van der Waals surface area contributed by atoms with E-state index < -0.39 is 0 Å². The van der Waals surface area contributed by atoms with E-state index in [9.17, 15) is 4.79 Å². The van der Waals surface area contributed by atoms with Crippen molar-refractivity contribution in [3.8, 4) is 0 Å². The van der Waals surface area contributed by atoms with Gasteiger partial charge in [-0.1, -0.05) is 13.8 Å². The first-order valence-corrected chi connectivity index (χ1v) is 6.70. The monoisotopic (exact) mass is 326 g/mol. The highest BCUT2D eigenvalue weighted by Gasteiger charge is 2.14. The molecule has 0 aromatic carbocycles. The van der Waals surface area contributed by atoms with E-state index in [1.54, 1.807) is 12.1 Å². The number of rotatable bonds is 4. The Labute approximate surface area is 119 Å². The highest BCUT2D eigenvalue weighted by molar-refractivity contribution is 9.10. The van der Waals surface area contributed by atoms with Crippen LogP contribution in [0.4, 0.5) is 0 Å². The summed E-state index contributed by atoms with van der Waals surface area (Å²) in [6, 6.07) is 3.28. The fourth-order valence-corrected chi connectivity index (χ4v) is 2.02. The topological polar surface area (TPSA) is 73.0 Å². The Morgan fingerprint density at radius 2 is 2.21 bits per heavy atom. The molecule has 2 rings (SSSR count). The summed E-state index contributed by atoms with van der Waals surface area (Å²) in [5, 5.41) is 10.9. The second kappa shape index (κ2) is 5.56. The summed E-state index contributed by atoms with van der Waals surface area (Å²) in [5.74, 6) is 1.88. The standard InChI is InChI=1S/C12H15BrN4O2/c1-7(2)11-16-15-10(17(11)3)6-14-12(18)8-4-5-9(13)19-8/h4-5,7H,6H2,1-3H3,(H,14,18). The lowest BCUT2D eigenvalue weighted by Gasteiger charge is -2.06. The molecular formula is C12H15BrN4O2. The number of aromatic nitrogens is 3. The second-order valence-electron chi connectivity index (χ2n) is 4.47. The lowest BCUT2D eigenvalue weighted by atomic mass is 10.2. The Morgan fingerprint density at radius 1 is 1.47 bits per heavy atom. The fourth-order valence-electron chi connectivity index (χ4n) is 1.71. The number of amides is 1. The maximum Gasteiger partial charge on any atom is 0.287 e. The van der Waals surface area contributed by atoms with E-state index in [1.807, 2.05) is 25.5 Å². The average Bonchev–Trinajstić information content (AvgIpc) is 2.93. The van der Waals surface area contributed by atoms with Crippen LogP contribution in [0.2, 0.25) is 0 Å². The number of halogens is 1. The van der Waals surface area contributed by atoms with Crippen LogP contribution >= 0.6 is 15.9 Å². The number of carbonyl (C=O) groups excluding carboxylic acids is 1. The maximum atomic E-state index is 11.8. The quantitative estimate of drug-likeness (QED) is 0.935. The van der Waals surface area contributed by atoms with Crippen molar-refractivity contribution in [2.45, 2.75) is 26.3 Å². The van der Waals surface area contributed by atoms with Crippen molar-refractivity contribution in [3.05, 3.63) is 34.2 Å². The van der Waals surface area contributed by atoms with Gasteiger partial charge in [-0.05, 0) is 28.1 Å². The molecule has 2 aromatic heterocycles. The van der Waals surface area contributed by atoms with Crippen LogP contribution in [-0.2, 0) is 13.6 Å². The molecule has 19 heavy (non-hydrogen) atoms. The van der Waals surface area contributed by atoms with Gasteiger partial charge in [0.05, 0.1) is 6.54 Å². The minimum Gasteiger partial charge on any atom is -0.444 e. The van der Waals surface area contributed by atoms with Crippen molar-refractivity contribution >= 4 is 21.8 Å². The van der Waals surface area contributed by atoms with Crippen LogP contribution in [0.3, 0.4) is 0 Å². The van der Waals surface area contributed by atoms with Crippen LogP contribution < -0.4 is 5.32 Å². The summed E-state index contributed by atoms with van der Waals surface area (Å²) in [6.45, 7) is 4.41. The van der Waals surface area contributed by atoms with Crippen LogP contribution in [0.25, 0.3) is 0 Å². The third-order valence-electron chi connectivity index (χ3n) is 2.72. The predicted octanol–water partition coefficient (Wildman–Crippen LogP) is 2.22.